The van der Waals surface area contributed by atoms with Gasteiger partial charge in [-0.1, -0.05) is 32.9 Å². The number of anilines is 1. The largest absolute Gasteiger partial charge is 0.493 e. The first kappa shape index (κ1) is 16.3. The first-order valence-corrected chi connectivity index (χ1v) is 8.48. The second-order valence-corrected chi connectivity index (χ2v) is 7.96. The minimum absolute atomic E-state index is 0.0256. The molecule has 120 valence electrons. The fraction of sp³-hybridized carbons (Fsp3) is 0.429. The number of aromatic nitrogens is 3. The van der Waals surface area contributed by atoms with Crippen molar-refractivity contribution in [3.8, 4) is 5.75 Å². The van der Waals surface area contributed by atoms with Gasteiger partial charge >= 0.3 is 0 Å². The minimum atomic E-state index is -3.58. The molecule has 1 aromatic carbocycles. The number of nitrogens with two attached hydrogens (primary N) is 1. The van der Waals surface area contributed by atoms with Crippen LogP contribution in [0.1, 0.15) is 26.3 Å². The summed E-state index contributed by atoms with van der Waals surface area (Å²) in [6, 6.07) is 7.61. The van der Waals surface area contributed by atoms with Crippen LogP contribution >= 0.6 is 0 Å². The Labute approximate surface area is 129 Å². The lowest BCUT2D eigenvalue weighted by Gasteiger charge is -2.19. The van der Waals surface area contributed by atoms with Crippen LogP contribution in [0, 0.1) is 0 Å². The average molecular weight is 324 g/mol. The van der Waals surface area contributed by atoms with Crippen LogP contribution in [0.25, 0.3) is 0 Å². The van der Waals surface area contributed by atoms with Gasteiger partial charge in [0.1, 0.15) is 12.4 Å². The third-order valence-electron chi connectivity index (χ3n) is 3.12. The molecular formula is C14H20N4O3S. The molecule has 0 aliphatic carbocycles. The van der Waals surface area contributed by atoms with E-state index >= 15 is 0 Å². The maximum absolute atomic E-state index is 12.0. The van der Waals surface area contributed by atoms with Gasteiger partial charge in [0, 0.05) is 0 Å². The number of aromatic amines is 1. The van der Waals surface area contributed by atoms with E-state index in [0.29, 0.717) is 5.75 Å². The zero-order valence-electron chi connectivity index (χ0n) is 12.8. The molecule has 0 spiro atoms. The average Bonchev–Trinajstić information content (AvgIpc) is 2.86. The summed E-state index contributed by atoms with van der Waals surface area (Å²) in [7, 11) is -3.58. The van der Waals surface area contributed by atoms with Gasteiger partial charge in [0.2, 0.25) is 20.9 Å². The van der Waals surface area contributed by atoms with Gasteiger partial charge in [-0.15, -0.1) is 5.10 Å². The van der Waals surface area contributed by atoms with Crippen LogP contribution in [0.15, 0.2) is 29.4 Å². The van der Waals surface area contributed by atoms with Gasteiger partial charge in [0.25, 0.3) is 0 Å². The van der Waals surface area contributed by atoms with Crippen LogP contribution in [0.4, 0.5) is 5.95 Å². The second-order valence-electron chi connectivity index (χ2n) is 5.94. The number of nitrogens with one attached hydrogen (secondary N) is 1. The van der Waals surface area contributed by atoms with Crippen molar-refractivity contribution in [3.63, 3.8) is 0 Å². The summed E-state index contributed by atoms with van der Waals surface area (Å²) in [6.07, 6.45) is 0. The van der Waals surface area contributed by atoms with Gasteiger partial charge in [-0.3, -0.25) is 0 Å². The van der Waals surface area contributed by atoms with E-state index < -0.39 is 9.84 Å². The molecule has 1 heterocycles. The highest BCUT2D eigenvalue weighted by atomic mass is 32.2. The van der Waals surface area contributed by atoms with E-state index in [0.717, 1.165) is 0 Å². The lowest BCUT2D eigenvalue weighted by molar-refractivity contribution is 0.340. The normalized spacial score (nSPS) is 12.3. The molecule has 0 aliphatic heterocycles. The van der Waals surface area contributed by atoms with Crippen LogP contribution in [0.3, 0.4) is 0 Å². The quantitative estimate of drug-likeness (QED) is 0.863. The number of nitrogen functional groups attached to an aromatic ring is 1. The third kappa shape index (κ3) is 3.97. The Kier molecular flexibility index (Phi) is 4.41. The molecule has 0 atom stereocenters. The summed E-state index contributed by atoms with van der Waals surface area (Å²) in [6.45, 7) is 6.40. The summed E-state index contributed by atoms with van der Waals surface area (Å²) in [5, 5.41) is 5.55. The van der Waals surface area contributed by atoms with Crippen molar-refractivity contribution in [2.75, 3.05) is 18.1 Å². The van der Waals surface area contributed by atoms with Gasteiger partial charge < -0.3 is 10.5 Å². The van der Waals surface area contributed by atoms with Gasteiger partial charge in [-0.05, 0) is 23.1 Å². The molecule has 0 saturated carbocycles. The third-order valence-corrected chi connectivity index (χ3v) is 4.59. The molecule has 0 amide bonds. The molecule has 2 rings (SSSR count). The van der Waals surface area contributed by atoms with Gasteiger partial charge in [-0.2, -0.15) is 4.98 Å². The Morgan fingerprint density at radius 1 is 1.23 bits per heavy atom. The van der Waals surface area contributed by atoms with Crippen molar-refractivity contribution in [2.45, 2.75) is 31.3 Å². The lowest BCUT2D eigenvalue weighted by atomic mass is 9.87. The summed E-state index contributed by atoms with van der Waals surface area (Å²) >= 11 is 0. The van der Waals surface area contributed by atoms with Crippen molar-refractivity contribution in [1.29, 1.82) is 0 Å². The number of sulfone groups is 1. The van der Waals surface area contributed by atoms with Crippen molar-refractivity contribution in [1.82, 2.24) is 15.2 Å². The van der Waals surface area contributed by atoms with E-state index in [1.54, 1.807) is 0 Å². The zero-order valence-corrected chi connectivity index (χ0v) is 13.6. The van der Waals surface area contributed by atoms with Crippen LogP contribution in [-0.2, 0) is 15.3 Å². The predicted molar refractivity (Wildman–Crippen MR) is 83.5 cm³/mol. The number of hydrogen-bond donors (Lipinski definition) is 2. The molecular weight excluding hydrogens is 304 g/mol. The van der Waals surface area contributed by atoms with Crippen molar-refractivity contribution in [2.24, 2.45) is 0 Å². The topological polar surface area (TPSA) is 111 Å². The predicted octanol–water partition coefficient (Wildman–Crippen LogP) is 1.54. The van der Waals surface area contributed by atoms with Crippen LogP contribution in [0.5, 0.6) is 5.75 Å². The second kappa shape index (κ2) is 5.96. The maximum atomic E-state index is 12.0. The minimum Gasteiger partial charge on any atom is -0.493 e. The highest BCUT2D eigenvalue weighted by Gasteiger charge is 2.19. The Morgan fingerprint density at radius 3 is 2.36 bits per heavy atom. The summed E-state index contributed by atoms with van der Waals surface area (Å²) in [4.78, 5) is 3.61. The highest BCUT2D eigenvalue weighted by molar-refractivity contribution is 7.91. The highest BCUT2D eigenvalue weighted by Crippen LogP contribution is 2.24. The fourth-order valence-electron chi connectivity index (χ4n) is 1.82. The Morgan fingerprint density at radius 2 is 1.86 bits per heavy atom. The van der Waals surface area contributed by atoms with E-state index in [2.05, 4.69) is 36.0 Å². The SMILES string of the molecule is CC(C)(C)c1ccc(OCCS(=O)(=O)c2nc(N)n[nH]2)cc1. The fourth-order valence-corrected chi connectivity index (χ4v) is 2.73. The van der Waals surface area contributed by atoms with Crippen molar-refractivity contribution in [3.05, 3.63) is 29.8 Å². The monoisotopic (exact) mass is 324 g/mol. The smallest absolute Gasteiger partial charge is 0.244 e. The molecule has 0 aliphatic rings. The summed E-state index contributed by atoms with van der Waals surface area (Å²) < 4.78 is 29.4. The van der Waals surface area contributed by atoms with Gasteiger partial charge in [0.15, 0.2) is 0 Å². The number of H-pyrrole nitrogens is 1. The molecule has 0 fully saturated rings. The van der Waals surface area contributed by atoms with Crippen molar-refractivity contribution < 1.29 is 13.2 Å². The molecule has 7 nitrogen and oxygen atoms in total. The van der Waals surface area contributed by atoms with Crippen LogP contribution < -0.4 is 10.5 Å². The van der Waals surface area contributed by atoms with E-state index in [-0.39, 0.29) is 28.9 Å². The molecule has 1 aromatic heterocycles. The summed E-state index contributed by atoms with van der Waals surface area (Å²) in [5.74, 6) is 0.320. The standard InChI is InChI=1S/C14H20N4O3S/c1-14(2,3)10-4-6-11(7-5-10)21-8-9-22(19,20)13-16-12(15)17-18-13/h4-7H,8-9H2,1-3H3,(H3,15,16,17,18). The van der Waals surface area contributed by atoms with Gasteiger partial charge in [0.05, 0.1) is 5.75 Å². The number of benzene rings is 1. The first-order valence-electron chi connectivity index (χ1n) is 6.82. The van der Waals surface area contributed by atoms with E-state index in [4.69, 9.17) is 10.5 Å². The molecule has 0 unspecified atom stereocenters. The van der Waals surface area contributed by atoms with E-state index in [1.165, 1.54) is 5.56 Å². The lowest BCUT2D eigenvalue weighted by Crippen LogP contribution is -2.16. The van der Waals surface area contributed by atoms with Crippen LogP contribution in [0.2, 0.25) is 0 Å². The molecule has 2 aromatic rings. The molecule has 22 heavy (non-hydrogen) atoms. The first-order chi connectivity index (χ1) is 10.2. The number of rotatable bonds is 5. The zero-order chi connectivity index (χ0) is 16.4. The molecule has 3 N–H and O–H groups in total. The Balaban J connectivity index is 1.94. The van der Waals surface area contributed by atoms with E-state index in [1.807, 2.05) is 24.3 Å². The maximum Gasteiger partial charge on any atom is 0.244 e. The van der Waals surface area contributed by atoms with Crippen molar-refractivity contribution >= 4 is 15.8 Å². The Bertz CT molecular complexity index is 730. The number of nitrogens with zero attached hydrogens (tertiary/aromatic N) is 2. The molecule has 0 saturated heterocycles. The summed E-state index contributed by atoms with van der Waals surface area (Å²) in [5.41, 5.74) is 6.54. The number of hydrogen-bond acceptors (Lipinski definition) is 6. The molecule has 0 radical (unpaired) electrons. The number of ether oxygens (including phenoxy) is 1. The molecule has 8 heteroatoms. The van der Waals surface area contributed by atoms with E-state index in [9.17, 15) is 8.42 Å². The van der Waals surface area contributed by atoms with Gasteiger partial charge in [-0.25, -0.2) is 13.5 Å². The molecule has 0 bridgehead atoms. The Hall–Kier alpha value is -2.09. The van der Waals surface area contributed by atoms with Crippen LogP contribution in [-0.4, -0.2) is 36.0 Å².